The van der Waals surface area contributed by atoms with Gasteiger partial charge < -0.3 is 25.2 Å². The standard InChI is InChI=1S/C20H19NO4.C5H9NO2/c22-19-10-9-13(21-19)11-24-20(23)25-12-18-16-7-3-1-5-14(16)15-6-2-4-8-17(15)18;7-3-4-1-2-5(8)6-4/h1-8,13,18H,9-12H2,(H,21,22);4,7H,1-3H2,(H,6,8). The van der Waals surface area contributed by atoms with Gasteiger partial charge in [0.15, 0.2) is 0 Å². The number of hydrogen-bond acceptors (Lipinski definition) is 6. The molecule has 2 aromatic carbocycles. The molecule has 2 unspecified atom stereocenters. The van der Waals surface area contributed by atoms with Crippen LogP contribution in [0.15, 0.2) is 48.5 Å². The fourth-order valence-corrected chi connectivity index (χ4v) is 4.42. The average molecular weight is 453 g/mol. The van der Waals surface area contributed by atoms with Crippen molar-refractivity contribution in [2.24, 2.45) is 0 Å². The van der Waals surface area contributed by atoms with E-state index in [1.807, 2.05) is 24.3 Å². The Morgan fingerprint density at radius 3 is 1.82 bits per heavy atom. The van der Waals surface area contributed by atoms with Gasteiger partial charge in [-0.15, -0.1) is 0 Å². The van der Waals surface area contributed by atoms with Crippen molar-refractivity contribution in [1.82, 2.24) is 10.6 Å². The highest BCUT2D eigenvalue weighted by Crippen LogP contribution is 2.44. The molecule has 1 aliphatic carbocycles. The summed E-state index contributed by atoms with van der Waals surface area (Å²) in [5.74, 6) is 0.0799. The first-order valence-corrected chi connectivity index (χ1v) is 11.2. The highest BCUT2D eigenvalue weighted by Gasteiger charge is 2.29. The van der Waals surface area contributed by atoms with E-state index in [0.29, 0.717) is 19.3 Å². The lowest BCUT2D eigenvalue weighted by atomic mass is 9.98. The van der Waals surface area contributed by atoms with E-state index in [-0.39, 0.29) is 49.6 Å². The third-order valence-corrected chi connectivity index (χ3v) is 6.12. The summed E-state index contributed by atoms with van der Waals surface area (Å²) >= 11 is 0. The topological polar surface area (TPSA) is 114 Å². The Labute approximate surface area is 192 Å². The Morgan fingerprint density at radius 2 is 1.33 bits per heavy atom. The van der Waals surface area contributed by atoms with Crippen molar-refractivity contribution < 1.29 is 29.0 Å². The van der Waals surface area contributed by atoms with E-state index in [2.05, 4.69) is 34.9 Å². The Hall–Kier alpha value is -3.39. The highest BCUT2D eigenvalue weighted by atomic mass is 16.7. The summed E-state index contributed by atoms with van der Waals surface area (Å²) in [5.41, 5.74) is 4.71. The van der Waals surface area contributed by atoms with Crippen LogP contribution in [0, 0.1) is 0 Å². The SMILES string of the molecule is O=C1CCC(CO)N1.O=C1CCC(COC(=O)OCC2c3ccccc3-c3ccccc32)N1. The van der Waals surface area contributed by atoms with E-state index in [4.69, 9.17) is 14.6 Å². The van der Waals surface area contributed by atoms with Crippen molar-refractivity contribution in [3.8, 4) is 11.1 Å². The van der Waals surface area contributed by atoms with E-state index >= 15 is 0 Å². The minimum absolute atomic E-state index is 0.00105. The fourth-order valence-electron chi connectivity index (χ4n) is 4.42. The molecule has 0 bridgehead atoms. The van der Waals surface area contributed by atoms with Crippen LogP contribution in [-0.2, 0) is 19.1 Å². The molecule has 174 valence electrons. The van der Waals surface area contributed by atoms with Gasteiger partial charge in [0, 0.05) is 18.8 Å². The number of carbonyl (C=O) groups excluding carboxylic acids is 3. The van der Waals surface area contributed by atoms with Gasteiger partial charge in [-0.3, -0.25) is 9.59 Å². The number of rotatable bonds is 5. The maximum Gasteiger partial charge on any atom is 0.508 e. The van der Waals surface area contributed by atoms with E-state index in [1.165, 1.54) is 22.3 Å². The molecule has 3 N–H and O–H groups in total. The van der Waals surface area contributed by atoms with E-state index in [0.717, 1.165) is 6.42 Å². The smallest absolute Gasteiger partial charge is 0.433 e. The van der Waals surface area contributed by atoms with Gasteiger partial charge in [0.1, 0.15) is 13.2 Å². The third kappa shape index (κ3) is 5.51. The van der Waals surface area contributed by atoms with Crippen LogP contribution in [0.25, 0.3) is 11.1 Å². The lowest BCUT2D eigenvalue weighted by Crippen LogP contribution is -2.31. The number of nitrogens with one attached hydrogen (secondary N) is 2. The summed E-state index contributed by atoms with van der Waals surface area (Å²) in [6, 6.07) is 16.3. The molecule has 8 heteroatoms. The minimum atomic E-state index is -0.692. The quantitative estimate of drug-likeness (QED) is 0.601. The number of amides is 2. The number of aliphatic hydroxyl groups excluding tert-OH is 1. The average Bonchev–Trinajstić information content (AvgIpc) is 3.54. The highest BCUT2D eigenvalue weighted by molar-refractivity contribution is 5.79. The maximum absolute atomic E-state index is 11.9. The molecule has 2 aliphatic heterocycles. The van der Waals surface area contributed by atoms with Crippen LogP contribution in [0.1, 0.15) is 42.7 Å². The van der Waals surface area contributed by atoms with Gasteiger partial charge in [-0.25, -0.2) is 4.79 Å². The number of benzene rings is 2. The Bertz CT molecular complexity index is 978. The van der Waals surface area contributed by atoms with Gasteiger partial charge in [-0.1, -0.05) is 48.5 Å². The monoisotopic (exact) mass is 452 g/mol. The predicted octanol–water partition coefficient (Wildman–Crippen LogP) is 2.49. The summed E-state index contributed by atoms with van der Waals surface area (Å²) in [6.45, 7) is 0.470. The van der Waals surface area contributed by atoms with E-state index in [9.17, 15) is 14.4 Å². The van der Waals surface area contributed by atoms with Crippen molar-refractivity contribution in [3.05, 3.63) is 59.7 Å². The summed E-state index contributed by atoms with van der Waals surface area (Å²) in [5, 5.41) is 13.8. The summed E-state index contributed by atoms with van der Waals surface area (Å²) in [4.78, 5) is 33.4. The van der Waals surface area contributed by atoms with E-state index in [1.54, 1.807) is 0 Å². The van der Waals surface area contributed by atoms with Gasteiger partial charge in [0.05, 0.1) is 18.7 Å². The normalized spacial score (nSPS) is 20.8. The molecule has 5 rings (SSSR count). The van der Waals surface area contributed by atoms with Crippen LogP contribution in [-0.4, -0.2) is 55.0 Å². The molecule has 33 heavy (non-hydrogen) atoms. The zero-order valence-corrected chi connectivity index (χ0v) is 18.3. The molecule has 2 saturated heterocycles. The number of fused-ring (bicyclic) bond motifs is 3. The van der Waals surface area contributed by atoms with Crippen LogP contribution in [0.3, 0.4) is 0 Å². The van der Waals surface area contributed by atoms with Gasteiger partial charge in [-0.05, 0) is 35.1 Å². The molecule has 2 amide bonds. The molecule has 8 nitrogen and oxygen atoms in total. The molecule has 2 aromatic rings. The Kier molecular flexibility index (Phi) is 7.24. The largest absolute Gasteiger partial charge is 0.508 e. The summed E-state index contributed by atoms with van der Waals surface area (Å²) in [7, 11) is 0. The maximum atomic E-state index is 11.9. The van der Waals surface area contributed by atoms with Crippen molar-refractivity contribution in [1.29, 1.82) is 0 Å². The summed E-state index contributed by atoms with van der Waals surface area (Å²) < 4.78 is 10.5. The summed E-state index contributed by atoms with van der Waals surface area (Å²) in [6.07, 6.45) is 1.84. The zero-order valence-electron chi connectivity index (χ0n) is 18.3. The molecule has 2 atom stereocenters. The second-order valence-corrected chi connectivity index (χ2v) is 8.39. The first kappa shape index (κ1) is 22.8. The lowest BCUT2D eigenvalue weighted by molar-refractivity contribution is -0.120. The van der Waals surface area contributed by atoms with Crippen LogP contribution < -0.4 is 10.6 Å². The van der Waals surface area contributed by atoms with E-state index < -0.39 is 6.16 Å². The second kappa shape index (κ2) is 10.5. The first-order valence-electron chi connectivity index (χ1n) is 11.2. The van der Waals surface area contributed by atoms with Crippen molar-refractivity contribution in [2.45, 2.75) is 43.7 Å². The van der Waals surface area contributed by atoms with Crippen LogP contribution in [0.2, 0.25) is 0 Å². The number of carbonyl (C=O) groups is 3. The molecule has 0 aromatic heterocycles. The molecule has 0 radical (unpaired) electrons. The zero-order chi connectivity index (χ0) is 23.2. The minimum Gasteiger partial charge on any atom is -0.433 e. The van der Waals surface area contributed by atoms with Gasteiger partial charge >= 0.3 is 6.16 Å². The molecule has 2 fully saturated rings. The third-order valence-electron chi connectivity index (χ3n) is 6.12. The number of aliphatic hydroxyl groups is 1. The second-order valence-electron chi connectivity index (χ2n) is 8.39. The van der Waals surface area contributed by atoms with Gasteiger partial charge in [0.2, 0.25) is 11.8 Å². The Morgan fingerprint density at radius 1 is 0.818 bits per heavy atom. The number of ether oxygens (including phenoxy) is 2. The molecule has 0 saturated carbocycles. The molecule has 2 heterocycles. The lowest BCUT2D eigenvalue weighted by Gasteiger charge is -2.15. The first-order chi connectivity index (χ1) is 16.0. The van der Waals surface area contributed by atoms with Crippen LogP contribution >= 0.6 is 0 Å². The number of hydrogen-bond donors (Lipinski definition) is 3. The molecular formula is C25H28N2O6. The van der Waals surface area contributed by atoms with Gasteiger partial charge in [-0.2, -0.15) is 0 Å². The van der Waals surface area contributed by atoms with Gasteiger partial charge in [0.25, 0.3) is 0 Å². The van der Waals surface area contributed by atoms with Crippen molar-refractivity contribution >= 4 is 18.0 Å². The Balaban J connectivity index is 0.000000275. The molecule has 3 aliphatic rings. The fraction of sp³-hybridized carbons (Fsp3) is 0.400. The van der Waals surface area contributed by atoms with Crippen molar-refractivity contribution in [2.75, 3.05) is 19.8 Å². The predicted molar refractivity (Wildman–Crippen MR) is 120 cm³/mol. The molecule has 0 spiro atoms. The molecular weight excluding hydrogens is 424 g/mol. The van der Waals surface area contributed by atoms with Crippen LogP contribution in [0.4, 0.5) is 4.79 Å². The van der Waals surface area contributed by atoms with Crippen molar-refractivity contribution in [3.63, 3.8) is 0 Å². The van der Waals surface area contributed by atoms with Crippen LogP contribution in [0.5, 0.6) is 0 Å².